The molecule has 0 aromatic heterocycles. The van der Waals surface area contributed by atoms with E-state index in [1.807, 2.05) is 11.8 Å². The Morgan fingerprint density at radius 1 is 1.16 bits per heavy atom. The molecule has 3 fully saturated rings. The SMILES string of the molecule is O=C1CC(NCC2CCCS2)C(=O)N1C1CCCC1. The standard InChI is InChI=1S/C14H22N2O2S/c17-13-8-12(15-9-11-6-3-7-19-11)14(18)16(13)10-4-1-2-5-10/h10-12,15H,1-9H2. The van der Waals surface area contributed by atoms with Crippen LogP contribution in [0.25, 0.3) is 0 Å². The molecule has 3 aliphatic rings. The zero-order valence-electron chi connectivity index (χ0n) is 11.3. The van der Waals surface area contributed by atoms with Gasteiger partial charge in [-0.2, -0.15) is 11.8 Å². The lowest BCUT2D eigenvalue weighted by molar-refractivity contribution is -0.141. The average molecular weight is 282 g/mol. The molecule has 1 aliphatic carbocycles. The fourth-order valence-electron chi connectivity index (χ4n) is 3.44. The summed E-state index contributed by atoms with van der Waals surface area (Å²) in [6.07, 6.45) is 7.19. The molecule has 2 amide bonds. The third-order valence-corrected chi connectivity index (χ3v) is 5.89. The maximum atomic E-state index is 12.3. The van der Waals surface area contributed by atoms with E-state index in [4.69, 9.17) is 0 Å². The van der Waals surface area contributed by atoms with Gasteiger partial charge in [0.15, 0.2) is 0 Å². The van der Waals surface area contributed by atoms with Crippen molar-refractivity contribution in [1.29, 1.82) is 0 Å². The van der Waals surface area contributed by atoms with E-state index in [9.17, 15) is 9.59 Å². The number of thioether (sulfide) groups is 1. The number of carbonyl (C=O) groups is 2. The number of likely N-dealkylation sites (tertiary alicyclic amines) is 1. The van der Waals surface area contributed by atoms with Crippen LogP contribution >= 0.6 is 11.8 Å². The summed E-state index contributed by atoms with van der Waals surface area (Å²) in [6, 6.07) is -0.0676. The molecular weight excluding hydrogens is 260 g/mol. The van der Waals surface area contributed by atoms with Crippen LogP contribution in [-0.4, -0.2) is 46.3 Å². The predicted molar refractivity (Wildman–Crippen MR) is 76.0 cm³/mol. The predicted octanol–water partition coefficient (Wildman–Crippen LogP) is 1.54. The first kappa shape index (κ1) is 13.4. The zero-order valence-corrected chi connectivity index (χ0v) is 12.1. The lowest BCUT2D eigenvalue weighted by atomic mass is 10.2. The minimum absolute atomic E-state index is 0.0277. The fourth-order valence-corrected chi connectivity index (χ4v) is 4.65. The number of imide groups is 1. The van der Waals surface area contributed by atoms with Crippen LogP contribution in [-0.2, 0) is 9.59 Å². The lowest BCUT2D eigenvalue weighted by Crippen LogP contribution is -2.44. The molecule has 2 atom stereocenters. The van der Waals surface area contributed by atoms with E-state index in [1.54, 1.807) is 4.90 Å². The Hall–Kier alpha value is -0.550. The molecule has 4 nitrogen and oxygen atoms in total. The van der Waals surface area contributed by atoms with Gasteiger partial charge in [0, 0.05) is 17.8 Å². The van der Waals surface area contributed by atoms with Gasteiger partial charge >= 0.3 is 0 Å². The largest absolute Gasteiger partial charge is 0.304 e. The van der Waals surface area contributed by atoms with Gasteiger partial charge in [0.1, 0.15) is 0 Å². The van der Waals surface area contributed by atoms with Crippen LogP contribution in [0.3, 0.4) is 0 Å². The van der Waals surface area contributed by atoms with Gasteiger partial charge in [0.25, 0.3) is 0 Å². The van der Waals surface area contributed by atoms with Crippen LogP contribution in [0.1, 0.15) is 44.9 Å². The van der Waals surface area contributed by atoms with Crippen molar-refractivity contribution >= 4 is 23.6 Å². The maximum absolute atomic E-state index is 12.3. The van der Waals surface area contributed by atoms with Crippen molar-refractivity contribution in [3.8, 4) is 0 Å². The summed E-state index contributed by atoms with van der Waals surface area (Å²) in [7, 11) is 0. The molecule has 0 spiro atoms. The smallest absolute Gasteiger partial charge is 0.247 e. The van der Waals surface area contributed by atoms with E-state index in [0.717, 1.165) is 32.2 Å². The average Bonchev–Trinajstić information content (AvgIpc) is 3.09. The molecule has 2 unspecified atom stereocenters. The first-order valence-electron chi connectivity index (χ1n) is 7.46. The Bertz CT molecular complexity index is 362. The fraction of sp³-hybridized carbons (Fsp3) is 0.857. The van der Waals surface area contributed by atoms with Crippen LogP contribution in [0, 0.1) is 0 Å². The van der Waals surface area contributed by atoms with Gasteiger partial charge in [-0.3, -0.25) is 14.5 Å². The first-order chi connectivity index (χ1) is 9.25. The molecule has 1 N–H and O–H groups in total. The number of nitrogens with zero attached hydrogens (tertiary/aromatic N) is 1. The molecule has 1 saturated carbocycles. The summed E-state index contributed by atoms with van der Waals surface area (Å²) in [5.74, 6) is 1.30. The van der Waals surface area contributed by atoms with Crippen molar-refractivity contribution in [3.05, 3.63) is 0 Å². The zero-order chi connectivity index (χ0) is 13.2. The third-order valence-electron chi connectivity index (χ3n) is 4.49. The molecule has 106 valence electrons. The number of amides is 2. The van der Waals surface area contributed by atoms with Crippen molar-refractivity contribution < 1.29 is 9.59 Å². The Kier molecular flexibility index (Phi) is 4.12. The Morgan fingerprint density at radius 2 is 1.95 bits per heavy atom. The van der Waals surface area contributed by atoms with Gasteiger partial charge < -0.3 is 5.32 Å². The number of rotatable bonds is 4. The highest BCUT2D eigenvalue weighted by molar-refractivity contribution is 8.00. The van der Waals surface area contributed by atoms with E-state index in [1.165, 1.54) is 18.6 Å². The molecular formula is C14H22N2O2S. The summed E-state index contributed by atoms with van der Waals surface area (Å²) in [5.41, 5.74) is 0. The molecule has 0 aromatic rings. The summed E-state index contributed by atoms with van der Waals surface area (Å²) in [4.78, 5) is 25.9. The molecule has 5 heteroatoms. The molecule has 2 saturated heterocycles. The highest BCUT2D eigenvalue weighted by atomic mass is 32.2. The van der Waals surface area contributed by atoms with Crippen LogP contribution < -0.4 is 5.32 Å². The molecule has 2 heterocycles. The van der Waals surface area contributed by atoms with Gasteiger partial charge in [-0.25, -0.2) is 0 Å². The summed E-state index contributed by atoms with van der Waals surface area (Å²) >= 11 is 1.98. The second kappa shape index (κ2) is 5.83. The molecule has 0 bridgehead atoms. The van der Waals surface area contributed by atoms with Gasteiger partial charge in [-0.15, -0.1) is 0 Å². The molecule has 3 rings (SSSR count). The quantitative estimate of drug-likeness (QED) is 0.795. The Balaban J connectivity index is 1.55. The van der Waals surface area contributed by atoms with Gasteiger partial charge in [0.05, 0.1) is 12.5 Å². The number of carbonyl (C=O) groups excluding carboxylic acids is 2. The Morgan fingerprint density at radius 3 is 2.63 bits per heavy atom. The second-order valence-electron chi connectivity index (χ2n) is 5.84. The summed E-state index contributed by atoms with van der Waals surface area (Å²) in [6.45, 7) is 0.868. The molecule has 2 aliphatic heterocycles. The van der Waals surface area contributed by atoms with Gasteiger partial charge in [-0.1, -0.05) is 12.8 Å². The van der Waals surface area contributed by atoms with E-state index in [2.05, 4.69) is 5.32 Å². The van der Waals surface area contributed by atoms with Crippen molar-refractivity contribution in [2.24, 2.45) is 0 Å². The van der Waals surface area contributed by atoms with Gasteiger partial charge in [0.2, 0.25) is 11.8 Å². The second-order valence-corrected chi connectivity index (χ2v) is 7.25. The number of hydrogen-bond acceptors (Lipinski definition) is 4. The lowest BCUT2D eigenvalue weighted by Gasteiger charge is -2.22. The topological polar surface area (TPSA) is 49.4 Å². The van der Waals surface area contributed by atoms with Crippen LogP contribution in [0.15, 0.2) is 0 Å². The van der Waals surface area contributed by atoms with Crippen molar-refractivity contribution in [3.63, 3.8) is 0 Å². The summed E-state index contributed by atoms with van der Waals surface area (Å²) in [5, 5.41) is 3.95. The summed E-state index contributed by atoms with van der Waals surface area (Å²) < 4.78 is 0. The van der Waals surface area contributed by atoms with E-state index in [-0.39, 0.29) is 23.9 Å². The monoisotopic (exact) mass is 282 g/mol. The Labute approximate surface area is 118 Å². The van der Waals surface area contributed by atoms with Crippen molar-refractivity contribution in [2.45, 2.75) is 62.3 Å². The van der Waals surface area contributed by atoms with Crippen molar-refractivity contribution in [1.82, 2.24) is 10.2 Å². The minimum atomic E-state index is -0.255. The van der Waals surface area contributed by atoms with E-state index >= 15 is 0 Å². The van der Waals surface area contributed by atoms with Crippen LogP contribution in [0.5, 0.6) is 0 Å². The van der Waals surface area contributed by atoms with Crippen LogP contribution in [0.4, 0.5) is 0 Å². The maximum Gasteiger partial charge on any atom is 0.247 e. The normalized spacial score (nSPS) is 32.7. The minimum Gasteiger partial charge on any atom is -0.304 e. The highest BCUT2D eigenvalue weighted by Gasteiger charge is 2.42. The first-order valence-corrected chi connectivity index (χ1v) is 8.51. The van der Waals surface area contributed by atoms with Crippen LogP contribution in [0.2, 0.25) is 0 Å². The number of nitrogens with one attached hydrogen (secondary N) is 1. The number of hydrogen-bond donors (Lipinski definition) is 1. The third kappa shape index (κ3) is 2.82. The van der Waals surface area contributed by atoms with Crippen molar-refractivity contribution in [2.75, 3.05) is 12.3 Å². The highest BCUT2D eigenvalue weighted by Crippen LogP contribution is 2.29. The molecule has 0 aromatic carbocycles. The molecule has 19 heavy (non-hydrogen) atoms. The van der Waals surface area contributed by atoms with Gasteiger partial charge in [-0.05, 0) is 31.4 Å². The van der Waals surface area contributed by atoms with E-state index in [0.29, 0.717) is 11.7 Å². The molecule has 0 radical (unpaired) electrons. The van der Waals surface area contributed by atoms with E-state index < -0.39 is 0 Å².